The Balaban J connectivity index is 2.05. The zero-order valence-electron chi connectivity index (χ0n) is 8.26. The predicted molar refractivity (Wildman–Crippen MR) is 58.6 cm³/mol. The van der Waals surface area contributed by atoms with Crippen LogP contribution >= 0.6 is 0 Å². The van der Waals surface area contributed by atoms with Gasteiger partial charge >= 0.3 is 0 Å². The van der Waals surface area contributed by atoms with E-state index in [1.807, 2.05) is 30.3 Å². The molecule has 1 N–H and O–H groups in total. The van der Waals surface area contributed by atoms with Crippen LogP contribution in [0.4, 0.5) is 0 Å². The third kappa shape index (κ3) is 1.62. The molecule has 1 saturated heterocycles. The lowest BCUT2D eigenvalue weighted by Gasteiger charge is -2.08. The van der Waals surface area contributed by atoms with Crippen molar-refractivity contribution in [2.75, 3.05) is 6.61 Å². The molecule has 1 heterocycles. The Labute approximate surface area is 88.1 Å². The summed E-state index contributed by atoms with van der Waals surface area (Å²) in [5, 5.41) is 12.3. The summed E-state index contributed by atoms with van der Waals surface area (Å²) in [5.41, 5.74) is 0.941. The third-order valence-corrected chi connectivity index (χ3v) is 2.83. The Bertz CT molecular complexity index is 489. The zero-order chi connectivity index (χ0) is 10.3. The van der Waals surface area contributed by atoms with Gasteiger partial charge in [-0.25, -0.2) is 0 Å². The first-order chi connectivity index (χ1) is 7.34. The number of hydrogen-bond donors (Lipinski definition) is 1. The van der Waals surface area contributed by atoms with Crippen molar-refractivity contribution in [1.82, 2.24) is 0 Å². The van der Waals surface area contributed by atoms with E-state index in [1.54, 1.807) is 0 Å². The molecule has 0 amide bonds. The fourth-order valence-electron chi connectivity index (χ4n) is 1.84. The molecule has 1 aliphatic rings. The summed E-state index contributed by atoms with van der Waals surface area (Å²) in [6, 6.07) is 14.2. The van der Waals surface area contributed by atoms with Crippen molar-refractivity contribution in [3.63, 3.8) is 0 Å². The molecule has 2 atom stereocenters. The molecule has 3 rings (SSSR count). The van der Waals surface area contributed by atoms with Crippen LogP contribution in [-0.2, 0) is 4.74 Å². The first-order valence-electron chi connectivity index (χ1n) is 5.13. The van der Waals surface area contributed by atoms with Crippen LogP contribution in [0.2, 0.25) is 0 Å². The van der Waals surface area contributed by atoms with Gasteiger partial charge in [0.25, 0.3) is 0 Å². The van der Waals surface area contributed by atoms with Gasteiger partial charge in [0.1, 0.15) is 12.2 Å². The molecule has 0 unspecified atom stereocenters. The maximum atomic E-state index is 9.89. The quantitative estimate of drug-likeness (QED) is 0.754. The van der Waals surface area contributed by atoms with Gasteiger partial charge in [0, 0.05) is 0 Å². The van der Waals surface area contributed by atoms with Gasteiger partial charge in [-0.15, -0.1) is 0 Å². The van der Waals surface area contributed by atoms with Gasteiger partial charge in [-0.05, 0) is 22.4 Å². The summed E-state index contributed by atoms with van der Waals surface area (Å²) in [7, 11) is 0. The van der Waals surface area contributed by atoms with E-state index in [2.05, 4.69) is 12.1 Å². The van der Waals surface area contributed by atoms with Crippen molar-refractivity contribution in [3.8, 4) is 0 Å². The van der Waals surface area contributed by atoms with Gasteiger partial charge in [0.15, 0.2) is 0 Å². The van der Waals surface area contributed by atoms with E-state index in [4.69, 9.17) is 4.74 Å². The molecule has 0 aliphatic carbocycles. The van der Waals surface area contributed by atoms with Gasteiger partial charge in [-0.1, -0.05) is 36.4 Å². The molecule has 0 bridgehead atoms. The number of fused-ring (bicyclic) bond motifs is 1. The summed E-state index contributed by atoms with van der Waals surface area (Å²) in [5.74, 6) is 0. The lowest BCUT2D eigenvalue weighted by molar-refractivity contribution is 0.137. The smallest absolute Gasteiger partial charge is 0.111 e. The summed E-state index contributed by atoms with van der Waals surface area (Å²) in [6.45, 7) is 0.675. The molecule has 1 fully saturated rings. The molecule has 76 valence electrons. The number of ether oxygens (including phenoxy) is 1. The molecular formula is C13H12O2. The van der Waals surface area contributed by atoms with Gasteiger partial charge in [0.05, 0.1) is 6.61 Å². The summed E-state index contributed by atoms with van der Waals surface area (Å²) in [4.78, 5) is 0. The Morgan fingerprint density at radius 3 is 2.60 bits per heavy atom. The van der Waals surface area contributed by atoms with Crippen LogP contribution in [0, 0.1) is 0 Å². The largest absolute Gasteiger partial charge is 0.386 e. The minimum absolute atomic E-state index is 0.00571. The Hall–Kier alpha value is -1.38. The minimum Gasteiger partial charge on any atom is -0.386 e. The molecule has 1 aliphatic heterocycles. The zero-order valence-corrected chi connectivity index (χ0v) is 8.26. The number of benzene rings is 2. The number of aliphatic hydroxyl groups excluding tert-OH is 1. The number of hydrogen-bond acceptors (Lipinski definition) is 2. The van der Waals surface area contributed by atoms with Crippen molar-refractivity contribution in [2.24, 2.45) is 0 Å². The Kier molecular flexibility index (Phi) is 1.97. The van der Waals surface area contributed by atoms with Crippen LogP contribution in [0.1, 0.15) is 11.7 Å². The van der Waals surface area contributed by atoms with Crippen molar-refractivity contribution in [1.29, 1.82) is 0 Å². The van der Waals surface area contributed by atoms with Crippen LogP contribution < -0.4 is 0 Å². The molecule has 0 aromatic heterocycles. The summed E-state index contributed by atoms with van der Waals surface area (Å²) >= 11 is 0. The molecule has 15 heavy (non-hydrogen) atoms. The van der Waals surface area contributed by atoms with E-state index >= 15 is 0 Å². The lowest BCUT2D eigenvalue weighted by Crippen LogP contribution is -2.04. The molecular weight excluding hydrogens is 188 g/mol. The maximum Gasteiger partial charge on any atom is 0.111 e. The second kappa shape index (κ2) is 3.33. The SMILES string of the molecule is O[C@H](c1ccc2ccccc2c1)[C@H]1CO1. The van der Waals surface area contributed by atoms with Crippen LogP contribution in [0.15, 0.2) is 42.5 Å². The second-order valence-corrected chi connectivity index (χ2v) is 3.92. The average molecular weight is 200 g/mol. The number of aliphatic hydroxyl groups is 1. The van der Waals surface area contributed by atoms with E-state index in [0.29, 0.717) is 6.61 Å². The first-order valence-corrected chi connectivity index (χ1v) is 5.13. The van der Waals surface area contributed by atoms with Crippen LogP contribution in [0.3, 0.4) is 0 Å². The molecule has 2 aromatic carbocycles. The highest BCUT2D eigenvalue weighted by molar-refractivity contribution is 5.83. The van der Waals surface area contributed by atoms with Crippen molar-refractivity contribution < 1.29 is 9.84 Å². The predicted octanol–water partition coefficient (Wildman–Crippen LogP) is 2.27. The average Bonchev–Trinajstić information content (AvgIpc) is 3.11. The minimum atomic E-state index is -0.477. The highest BCUT2D eigenvalue weighted by Crippen LogP contribution is 2.29. The summed E-state index contributed by atoms with van der Waals surface area (Å²) in [6.07, 6.45) is -0.472. The molecule has 0 spiro atoms. The molecule has 2 aromatic rings. The second-order valence-electron chi connectivity index (χ2n) is 3.92. The normalized spacial score (nSPS) is 21.5. The molecule has 2 nitrogen and oxygen atoms in total. The Morgan fingerprint density at radius 1 is 1.13 bits per heavy atom. The summed E-state index contributed by atoms with van der Waals surface area (Å²) < 4.78 is 5.09. The maximum absolute atomic E-state index is 9.89. The van der Waals surface area contributed by atoms with E-state index < -0.39 is 6.10 Å². The van der Waals surface area contributed by atoms with Crippen LogP contribution in [0.5, 0.6) is 0 Å². The topological polar surface area (TPSA) is 32.8 Å². The fourth-order valence-corrected chi connectivity index (χ4v) is 1.84. The lowest BCUT2D eigenvalue weighted by atomic mass is 10.0. The van der Waals surface area contributed by atoms with Crippen molar-refractivity contribution >= 4 is 10.8 Å². The fraction of sp³-hybridized carbons (Fsp3) is 0.231. The van der Waals surface area contributed by atoms with Crippen LogP contribution in [0.25, 0.3) is 10.8 Å². The van der Waals surface area contributed by atoms with Crippen molar-refractivity contribution in [2.45, 2.75) is 12.2 Å². The highest BCUT2D eigenvalue weighted by Gasteiger charge is 2.32. The molecule has 2 heteroatoms. The van der Waals surface area contributed by atoms with Gasteiger partial charge in [0.2, 0.25) is 0 Å². The Morgan fingerprint density at radius 2 is 1.87 bits per heavy atom. The van der Waals surface area contributed by atoms with E-state index in [0.717, 1.165) is 10.9 Å². The number of rotatable bonds is 2. The third-order valence-electron chi connectivity index (χ3n) is 2.83. The van der Waals surface area contributed by atoms with E-state index in [-0.39, 0.29) is 6.10 Å². The number of epoxide rings is 1. The van der Waals surface area contributed by atoms with Gasteiger partial charge in [-0.3, -0.25) is 0 Å². The van der Waals surface area contributed by atoms with Gasteiger partial charge in [-0.2, -0.15) is 0 Å². The van der Waals surface area contributed by atoms with Crippen LogP contribution in [-0.4, -0.2) is 17.8 Å². The molecule has 0 radical (unpaired) electrons. The van der Waals surface area contributed by atoms with Gasteiger partial charge < -0.3 is 9.84 Å². The monoisotopic (exact) mass is 200 g/mol. The standard InChI is InChI=1S/C13H12O2/c14-13(12-8-15-12)11-6-5-9-3-1-2-4-10(9)7-11/h1-7,12-14H,8H2/t12-,13-/m1/s1. The first kappa shape index (κ1) is 8.89. The highest BCUT2D eigenvalue weighted by atomic mass is 16.6. The van der Waals surface area contributed by atoms with E-state index in [1.165, 1.54) is 5.39 Å². The van der Waals surface area contributed by atoms with Crippen molar-refractivity contribution in [3.05, 3.63) is 48.0 Å². The van der Waals surface area contributed by atoms with E-state index in [9.17, 15) is 5.11 Å². The molecule has 0 saturated carbocycles.